The Bertz CT molecular complexity index is 1590. The van der Waals surface area contributed by atoms with Crippen LogP contribution in [0.15, 0.2) is 48.5 Å². The number of amides is 5. The summed E-state index contributed by atoms with van der Waals surface area (Å²) in [6.45, 7) is 4.05. The minimum absolute atomic E-state index is 0.00211. The molecule has 4 atom stereocenters. The number of aliphatic carboxylic acids is 1. The smallest absolute Gasteiger partial charge is 0.326 e. The van der Waals surface area contributed by atoms with E-state index in [9.17, 15) is 44.1 Å². The fraction of sp³-hybridized carbons (Fsp3) is 0.591. The van der Waals surface area contributed by atoms with Gasteiger partial charge in [-0.2, -0.15) is 0 Å². The van der Waals surface area contributed by atoms with Crippen molar-refractivity contribution in [1.29, 1.82) is 0 Å². The Morgan fingerprint density at radius 3 is 1.78 bits per heavy atom. The summed E-state index contributed by atoms with van der Waals surface area (Å²) in [4.78, 5) is 79.8. The molecule has 0 aromatic heterocycles. The van der Waals surface area contributed by atoms with Gasteiger partial charge in [-0.3, -0.25) is 24.0 Å². The summed E-state index contributed by atoms with van der Waals surface area (Å²) in [7, 11) is 1.39. The van der Waals surface area contributed by atoms with E-state index in [0.29, 0.717) is 36.9 Å². The highest BCUT2D eigenvalue weighted by Crippen LogP contribution is 2.24. The average molecular weight is 825 g/mol. The number of nitrogens with one attached hydrogen (secondary N) is 4. The summed E-state index contributed by atoms with van der Waals surface area (Å²) in [6, 6.07) is 6.50. The third kappa shape index (κ3) is 19.9. The molecule has 9 N–H and O–H groups in total. The van der Waals surface area contributed by atoms with Crippen LogP contribution in [0.3, 0.4) is 0 Å². The zero-order chi connectivity index (χ0) is 43.6. The number of likely N-dealkylation sites (N-methyl/N-ethyl adjacent to an activating group) is 1. The third-order valence-corrected chi connectivity index (χ3v) is 10.2. The van der Waals surface area contributed by atoms with Crippen molar-refractivity contribution >= 4 is 35.5 Å². The molecule has 0 saturated carbocycles. The molecule has 328 valence electrons. The lowest BCUT2D eigenvalue weighted by molar-refractivity contribution is -0.144. The van der Waals surface area contributed by atoms with E-state index in [-0.39, 0.29) is 43.2 Å². The second-order valence-electron chi connectivity index (χ2n) is 15.2. The fourth-order valence-corrected chi connectivity index (χ4v) is 6.67. The zero-order valence-corrected chi connectivity index (χ0v) is 35.2. The molecule has 2 aromatic rings. The number of carbonyl (C=O) groups excluding carboxylic acids is 5. The second kappa shape index (κ2) is 28.3. The van der Waals surface area contributed by atoms with E-state index in [2.05, 4.69) is 28.2 Å². The van der Waals surface area contributed by atoms with Crippen LogP contribution >= 0.6 is 0 Å². The van der Waals surface area contributed by atoms with Gasteiger partial charge in [0.2, 0.25) is 29.5 Å². The lowest BCUT2D eigenvalue weighted by Crippen LogP contribution is -2.54. The number of benzene rings is 2. The molecule has 0 aliphatic carbocycles. The maximum Gasteiger partial charge on any atom is 0.326 e. The Kier molecular flexibility index (Phi) is 23.9. The number of hydrogen-bond acceptors (Lipinski definition) is 9. The van der Waals surface area contributed by atoms with Gasteiger partial charge in [-0.15, -0.1) is 0 Å². The number of carbonyl (C=O) groups is 6. The van der Waals surface area contributed by atoms with Gasteiger partial charge < -0.3 is 47.2 Å². The van der Waals surface area contributed by atoms with E-state index in [1.54, 1.807) is 0 Å². The quantitative estimate of drug-likeness (QED) is 0.0504. The van der Waals surface area contributed by atoms with Gasteiger partial charge in [0.1, 0.15) is 35.7 Å². The first-order chi connectivity index (χ1) is 28.3. The normalized spacial score (nSPS) is 13.0. The molecule has 2 rings (SSSR count). The molecule has 2 aromatic carbocycles. The number of phenols is 2. The minimum Gasteiger partial charge on any atom is -0.508 e. The molecule has 0 unspecified atom stereocenters. The molecule has 0 aliphatic heterocycles. The SMILES string of the molecule is CCCCCCCCCCCCCC(=O)NCCC(=O)N[C@@H](CCCCN)C(=O)N(C)[C@H](C(=O)N[C@@H](C)C(=O)N[C@@H](Cc1ccc(O)cc1)C(=O)O)c1ccc(O)cc1. The summed E-state index contributed by atoms with van der Waals surface area (Å²) in [6.07, 6.45) is 14.5. The molecule has 0 saturated heterocycles. The number of nitrogens with zero attached hydrogens (tertiary/aromatic N) is 1. The molecule has 59 heavy (non-hydrogen) atoms. The summed E-state index contributed by atoms with van der Waals surface area (Å²) < 4.78 is 0. The van der Waals surface area contributed by atoms with Crippen LogP contribution in [0, 0.1) is 0 Å². The van der Waals surface area contributed by atoms with Gasteiger partial charge in [0.25, 0.3) is 0 Å². The van der Waals surface area contributed by atoms with Gasteiger partial charge in [-0.1, -0.05) is 95.4 Å². The number of carboxylic acid groups (broad SMARTS) is 1. The van der Waals surface area contributed by atoms with Crippen LogP contribution in [0.2, 0.25) is 0 Å². The van der Waals surface area contributed by atoms with Crippen molar-refractivity contribution in [1.82, 2.24) is 26.2 Å². The van der Waals surface area contributed by atoms with Crippen molar-refractivity contribution in [2.75, 3.05) is 20.1 Å². The molecule has 0 heterocycles. The lowest BCUT2D eigenvalue weighted by Gasteiger charge is -2.32. The molecular weight excluding hydrogens is 757 g/mol. The number of aromatic hydroxyl groups is 2. The molecule has 0 spiro atoms. The van der Waals surface area contributed by atoms with E-state index in [1.807, 2.05) is 0 Å². The number of carboxylic acids is 1. The van der Waals surface area contributed by atoms with Crippen molar-refractivity contribution < 1.29 is 44.1 Å². The Morgan fingerprint density at radius 2 is 1.22 bits per heavy atom. The monoisotopic (exact) mass is 825 g/mol. The first kappa shape index (κ1) is 50.0. The highest BCUT2D eigenvalue weighted by atomic mass is 16.4. The third-order valence-electron chi connectivity index (χ3n) is 10.2. The maximum atomic E-state index is 14.1. The predicted octanol–water partition coefficient (Wildman–Crippen LogP) is 4.74. The van der Waals surface area contributed by atoms with Crippen LogP contribution in [0.5, 0.6) is 11.5 Å². The Labute approximate surface area is 349 Å². The summed E-state index contributed by atoms with van der Waals surface area (Å²) in [5, 5.41) is 39.8. The van der Waals surface area contributed by atoms with E-state index in [4.69, 9.17) is 5.73 Å². The second-order valence-corrected chi connectivity index (χ2v) is 15.2. The molecule has 0 aliphatic rings. The van der Waals surface area contributed by atoms with E-state index in [0.717, 1.165) is 24.2 Å². The Morgan fingerprint density at radius 1 is 0.661 bits per heavy atom. The number of nitrogens with two attached hydrogens (primary N) is 1. The molecular formula is C44H68N6O9. The van der Waals surface area contributed by atoms with E-state index < -0.39 is 53.8 Å². The van der Waals surface area contributed by atoms with Gasteiger partial charge in [0, 0.05) is 32.9 Å². The molecule has 0 fully saturated rings. The number of unbranched alkanes of at least 4 members (excludes halogenated alkanes) is 11. The summed E-state index contributed by atoms with van der Waals surface area (Å²) in [5.41, 5.74) is 6.55. The topological polar surface area (TPSA) is 240 Å². The maximum absolute atomic E-state index is 14.1. The highest BCUT2D eigenvalue weighted by molar-refractivity contribution is 5.95. The first-order valence-electron chi connectivity index (χ1n) is 21.2. The number of hydrogen-bond donors (Lipinski definition) is 8. The zero-order valence-electron chi connectivity index (χ0n) is 35.2. The predicted molar refractivity (Wildman–Crippen MR) is 226 cm³/mol. The number of rotatable bonds is 30. The van der Waals surface area contributed by atoms with E-state index >= 15 is 0 Å². The molecule has 15 heteroatoms. The first-order valence-corrected chi connectivity index (χ1v) is 21.2. The standard InChI is InChI=1S/C44H68N6O9/c1-4-5-6-7-8-9-10-11-12-13-14-18-38(53)46-29-27-39(54)48-36(17-15-16-28-45)43(57)50(3)40(33-21-25-35(52)26-22-33)42(56)47-31(2)41(55)49-37(44(58)59)30-32-19-23-34(51)24-20-32/h19-26,31,36-37,40,51-52H,4-18,27-30,45H2,1-3H3,(H,46,53)(H,47,56)(H,48,54)(H,49,55)(H,58,59)/t31-,36-,37-,40-/m0/s1. The van der Waals surface area contributed by atoms with Gasteiger partial charge >= 0.3 is 5.97 Å². The summed E-state index contributed by atoms with van der Waals surface area (Å²) in [5.74, 6) is -4.14. The summed E-state index contributed by atoms with van der Waals surface area (Å²) >= 11 is 0. The largest absolute Gasteiger partial charge is 0.508 e. The van der Waals surface area contributed by atoms with Crippen LogP contribution in [-0.2, 0) is 35.2 Å². The average Bonchev–Trinajstić information content (AvgIpc) is 3.20. The molecule has 5 amide bonds. The molecule has 0 radical (unpaired) electrons. The van der Waals surface area contributed by atoms with Crippen molar-refractivity contribution in [2.24, 2.45) is 5.73 Å². The van der Waals surface area contributed by atoms with Crippen molar-refractivity contribution in [2.45, 2.75) is 147 Å². The van der Waals surface area contributed by atoms with Crippen molar-refractivity contribution in [3.63, 3.8) is 0 Å². The molecule has 0 bridgehead atoms. The Balaban J connectivity index is 2.01. The van der Waals surface area contributed by atoms with Gasteiger partial charge in [0.15, 0.2) is 0 Å². The fourth-order valence-electron chi connectivity index (χ4n) is 6.67. The highest BCUT2D eigenvalue weighted by Gasteiger charge is 2.35. The van der Waals surface area contributed by atoms with Crippen LogP contribution in [0.1, 0.15) is 134 Å². The molecule has 15 nitrogen and oxygen atoms in total. The van der Waals surface area contributed by atoms with Crippen molar-refractivity contribution in [3.05, 3.63) is 59.7 Å². The number of phenolic OH excluding ortho intramolecular Hbond substituents is 2. The van der Waals surface area contributed by atoms with Crippen LogP contribution in [0.4, 0.5) is 0 Å². The van der Waals surface area contributed by atoms with Crippen molar-refractivity contribution in [3.8, 4) is 11.5 Å². The van der Waals surface area contributed by atoms with Crippen LogP contribution < -0.4 is 27.0 Å². The van der Waals surface area contributed by atoms with Gasteiger partial charge in [-0.05, 0) is 74.5 Å². The van der Waals surface area contributed by atoms with Gasteiger partial charge in [-0.25, -0.2) is 4.79 Å². The van der Waals surface area contributed by atoms with E-state index in [1.165, 1.54) is 114 Å². The van der Waals surface area contributed by atoms with Gasteiger partial charge in [0.05, 0.1) is 0 Å². The lowest BCUT2D eigenvalue weighted by atomic mass is 10.0. The Hall–Kier alpha value is -5.18. The van der Waals surface area contributed by atoms with Crippen LogP contribution in [-0.4, -0.2) is 94.0 Å². The van der Waals surface area contributed by atoms with Crippen LogP contribution in [0.25, 0.3) is 0 Å². The minimum atomic E-state index is -1.34.